The van der Waals surface area contributed by atoms with Crippen molar-refractivity contribution < 1.29 is 14.7 Å². The highest BCUT2D eigenvalue weighted by atomic mass is 35.5. The van der Waals surface area contributed by atoms with Gasteiger partial charge in [0.2, 0.25) is 5.91 Å². The van der Waals surface area contributed by atoms with E-state index in [9.17, 15) is 9.59 Å². The van der Waals surface area contributed by atoms with Crippen molar-refractivity contribution in [1.82, 2.24) is 5.32 Å². The molecule has 0 fully saturated rings. The topological polar surface area (TPSA) is 66.4 Å². The maximum atomic E-state index is 11.8. The van der Waals surface area contributed by atoms with Gasteiger partial charge in [0.25, 0.3) is 0 Å². The number of halogens is 1. The van der Waals surface area contributed by atoms with Gasteiger partial charge in [-0.3, -0.25) is 4.79 Å². The highest BCUT2D eigenvalue weighted by Crippen LogP contribution is 2.11. The zero-order valence-electron chi connectivity index (χ0n) is 11.6. The normalized spacial score (nSPS) is 11.9. The van der Waals surface area contributed by atoms with Crippen LogP contribution >= 0.6 is 11.6 Å². The van der Waals surface area contributed by atoms with E-state index in [0.29, 0.717) is 17.9 Å². The molecule has 1 rings (SSSR count). The van der Waals surface area contributed by atoms with Crippen LogP contribution in [0.2, 0.25) is 5.02 Å². The summed E-state index contributed by atoms with van der Waals surface area (Å²) in [5.74, 6) is -1.21. The van der Waals surface area contributed by atoms with Crippen LogP contribution in [0.5, 0.6) is 0 Å². The molecule has 0 aliphatic carbocycles. The molecule has 0 saturated heterocycles. The van der Waals surface area contributed by atoms with Gasteiger partial charge in [0.15, 0.2) is 0 Å². The Morgan fingerprint density at radius 2 is 1.95 bits per heavy atom. The lowest BCUT2D eigenvalue weighted by Crippen LogP contribution is -2.40. The lowest BCUT2D eigenvalue weighted by Gasteiger charge is -2.14. The van der Waals surface area contributed by atoms with Gasteiger partial charge >= 0.3 is 5.97 Å². The molecule has 0 saturated carbocycles. The van der Waals surface area contributed by atoms with Crippen LogP contribution in [0.4, 0.5) is 0 Å². The molecule has 5 heteroatoms. The van der Waals surface area contributed by atoms with E-state index in [1.54, 1.807) is 12.1 Å². The van der Waals surface area contributed by atoms with Crippen LogP contribution in [-0.4, -0.2) is 23.0 Å². The fourth-order valence-corrected chi connectivity index (χ4v) is 1.97. The fraction of sp³-hybridized carbons (Fsp3) is 0.467. The smallest absolute Gasteiger partial charge is 0.326 e. The van der Waals surface area contributed by atoms with Crippen molar-refractivity contribution in [3.8, 4) is 0 Å². The highest BCUT2D eigenvalue weighted by molar-refractivity contribution is 6.30. The lowest BCUT2D eigenvalue weighted by molar-refractivity contribution is -0.142. The summed E-state index contributed by atoms with van der Waals surface area (Å²) >= 11 is 5.78. The van der Waals surface area contributed by atoms with Crippen molar-refractivity contribution in [3.05, 3.63) is 34.9 Å². The molecule has 20 heavy (non-hydrogen) atoms. The average molecular weight is 298 g/mol. The van der Waals surface area contributed by atoms with Gasteiger partial charge in [0.1, 0.15) is 6.04 Å². The van der Waals surface area contributed by atoms with E-state index in [1.807, 2.05) is 19.1 Å². The number of rotatable bonds is 8. The molecule has 0 bridgehead atoms. The number of carbonyl (C=O) groups is 2. The molecule has 0 radical (unpaired) electrons. The third-order valence-electron chi connectivity index (χ3n) is 3.03. The Morgan fingerprint density at radius 1 is 1.30 bits per heavy atom. The van der Waals surface area contributed by atoms with Crippen molar-refractivity contribution in [3.63, 3.8) is 0 Å². The van der Waals surface area contributed by atoms with E-state index in [-0.39, 0.29) is 12.3 Å². The van der Waals surface area contributed by atoms with Crippen molar-refractivity contribution in [2.24, 2.45) is 0 Å². The summed E-state index contributed by atoms with van der Waals surface area (Å²) in [5, 5.41) is 12.3. The van der Waals surface area contributed by atoms with Gasteiger partial charge in [0.05, 0.1) is 0 Å². The van der Waals surface area contributed by atoms with Crippen LogP contribution in [-0.2, 0) is 16.0 Å². The number of carbonyl (C=O) groups excluding carboxylic acids is 1. The van der Waals surface area contributed by atoms with E-state index in [2.05, 4.69) is 5.32 Å². The summed E-state index contributed by atoms with van der Waals surface area (Å²) < 4.78 is 0. The van der Waals surface area contributed by atoms with Gasteiger partial charge in [-0.05, 0) is 30.5 Å². The number of hydrogen-bond acceptors (Lipinski definition) is 2. The van der Waals surface area contributed by atoms with E-state index in [4.69, 9.17) is 16.7 Å². The van der Waals surface area contributed by atoms with Crippen LogP contribution in [0.15, 0.2) is 24.3 Å². The molecule has 0 aliphatic rings. The van der Waals surface area contributed by atoms with E-state index < -0.39 is 12.0 Å². The molecular weight excluding hydrogens is 278 g/mol. The number of nitrogens with one attached hydrogen (secondary N) is 1. The van der Waals surface area contributed by atoms with Gasteiger partial charge in [-0.15, -0.1) is 0 Å². The minimum Gasteiger partial charge on any atom is -0.480 e. The monoisotopic (exact) mass is 297 g/mol. The van der Waals surface area contributed by atoms with Gasteiger partial charge in [0, 0.05) is 11.4 Å². The summed E-state index contributed by atoms with van der Waals surface area (Å²) in [5.41, 5.74) is 1.00. The molecule has 1 atom stereocenters. The minimum absolute atomic E-state index is 0.233. The fourth-order valence-electron chi connectivity index (χ4n) is 1.84. The molecule has 1 aromatic carbocycles. The quantitative estimate of drug-likeness (QED) is 0.775. The number of carboxylic acids is 1. The first kappa shape index (κ1) is 16.5. The first-order chi connectivity index (χ1) is 9.52. The second kappa shape index (κ2) is 8.59. The minimum atomic E-state index is -0.974. The number of benzene rings is 1. The molecule has 0 spiro atoms. The van der Waals surface area contributed by atoms with Gasteiger partial charge in [-0.2, -0.15) is 0 Å². The summed E-state index contributed by atoms with van der Waals surface area (Å²) in [4.78, 5) is 22.8. The van der Waals surface area contributed by atoms with Crippen LogP contribution < -0.4 is 5.32 Å². The van der Waals surface area contributed by atoms with Crippen LogP contribution in [0.25, 0.3) is 0 Å². The van der Waals surface area contributed by atoms with E-state index >= 15 is 0 Å². The zero-order valence-corrected chi connectivity index (χ0v) is 12.3. The summed E-state index contributed by atoms with van der Waals surface area (Å²) in [6.07, 6.45) is 3.01. The van der Waals surface area contributed by atoms with Crippen LogP contribution in [0, 0.1) is 0 Å². The number of hydrogen-bond donors (Lipinski definition) is 2. The molecule has 1 unspecified atom stereocenters. The lowest BCUT2D eigenvalue weighted by atomic mass is 10.1. The Balaban J connectivity index is 2.41. The summed E-state index contributed by atoms with van der Waals surface area (Å²) in [6.45, 7) is 1.99. The van der Waals surface area contributed by atoms with Crippen molar-refractivity contribution in [1.29, 1.82) is 0 Å². The van der Waals surface area contributed by atoms with E-state index in [0.717, 1.165) is 18.4 Å². The molecule has 110 valence electrons. The maximum absolute atomic E-state index is 11.8. The van der Waals surface area contributed by atoms with Gasteiger partial charge in [-0.1, -0.05) is 43.5 Å². The number of amides is 1. The molecule has 0 aromatic heterocycles. The third-order valence-corrected chi connectivity index (χ3v) is 3.29. The van der Waals surface area contributed by atoms with Crippen LogP contribution in [0.1, 0.15) is 38.2 Å². The second-order valence-electron chi connectivity index (χ2n) is 4.73. The van der Waals surface area contributed by atoms with E-state index in [1.165, 1.54) is 0 Å². The SMILES string of the molecule is CCCCC(NC(=O)CCc1ccc(Cl)cc1)C(=O)O. The van der Waals surface area contributed by atoms with Crippen molar-refractivity contribution in [2.75, 3.05) is 0 Å². The Labute approximate surface area is 124 Å². The Kier molecular flexibility index (Phi) is 7.09. The number of carboxylic acid groups (broad SMARTS) is 1. The Morgan fingerprint density at radius 3 is 2.50 bits per heavy atom. The van der Waals surface area contributed by atoms with Crippen molar-refractivity contribution in [2.45, 2.75) is 45.1 Å². The number of aliphatic carboxylic acids is 1. The van der Waals surface area contributed by atoms with Gasteiger partial charge < -0.3 is 10.4 Å². The molecule has 2 N–H and O–H groups in total. The summed E-state index contributed by atoms with van der Waals surface area (Å²) in [6, 6.07) is 6.49. The standard InChI is InChI=1S/C15H20ClNO3/c1-2-3-4-13(15(19)20)17-14(18)10-7-11-5-8-12(16)9-6-11/h5-6,8-9,13H,2-4,7,10H2,1H3,(H,17,18)(H,19,20). The molecular formula is C15H20ClNO3. The average Bonchev–Trinajstić information content (AvgIpc) is 2.42. The third kappa shape index (κ3) is 6.06. The zero-order chi connectivity index (χ0) is 15.0. The predicted molar refractivity (Wildman–Crippen MR) is 78.9 cm³/mol. The summed E-state index contributed by atoms with van der Waals surface area (Å²) in [7, 11) is 0. The number of unbranched alkanes of at least 4 members (excludes halogenated alkanes) is 1. The number of aryl methyl sites for hydroxylation is 1. The molecule has 0 heterocycles. The first-order valence-corrected chi connectivity index (χ1v) is 7.17. The first-order valence-electron chi connectivity index (χ1n) is 6.79. The van der Waals surface area contributed by atoms with Gasteiger partial charge in [-0.25, -0.2) is 4.79 Å². The maximum Gasteiger partial charge on any atom is 0.326 e. The molecule has 1 amide bonds. The Bertz CT molecular complexity index is 445. The van der Waals surface area contributed by atoms with Crippen molar-refractivity contribution >= 4 is 23.5 Å². The molecule has 1 aromatic rings. The second-order valence-corrected chi connectivity index (χ2v) is 5.16. The predicted octanol–water partition coefficient (Wildman–Crippen LogP) is 3.03. The Hall–Kier alpha value is -1.55. The molecule has 0 aliphatic heterocycles. The molecule has 4 nitrogen and oxygen atoms in total. The highest BCUT2D eigenvalue weighted by Gasteiger charge is 2.18. The van der Waals surface area contributed by atoms with Crippen LogP contribution in [0.3, 0.4) is 0 Å². The largest absolute Gasteiger partial charge is 0.480 e.